The van der Waals surface area contributed by atoms with E-state index in [4.69, 9.17) is 8.69 Å². The maximum absolute atomic E-state index is 6.22. The Morgan fingerprint density at radius 1 is 1.00 bits per heavy atom. The minimum Gasteiger partial charge on any atom is -0.450 e. The van der Waals surface area contributed by atoms with Crippen LogP contribution in [0.5, 0.6) is 0 Å². The van der Waals surface area contributed by atoms with Crippen molar-refractivity contribution in [3.63, 3.8) is 0 Å². The van der Waals surface area contributed by atoms with Gasteiger partial charge < -0.3 is 8.69 Å². The van der Waals surface area contributed by atoms with Crippen LogP contribution in [0.15, 0.2) is 30.8 Å². The van der Waals surface area contributed by atoms with Crippen molar-refractivity contribution in [2.24, 2.45) is 0 Å². The van der Waals surface area contributed by atoms with Crippen molar-refractivity contribution < 1.29 is 8.69 Å². The standard InChI is InChI=1S/C14H25BO2Si2/c1-8-13-10-9-11-14(12-13)15(16-18(2,3)4)17-19(5,6)7/h8-12H,1H2,2-7H3. The van der Waals surface area contributed by atoms with Crippen molar-refractivity contribution in [2.45, 2.75) is 39.3 Å². The molecule has 1 aromatic rings. The van der Waals surface area contributed by atoms with E-state index in [2.05, 4.69) is 58.0 Å². The lowest BCUT2D eigenvalue weighted by Gasteiger charge is -2.29. The third-order valence-electron chi connectivity index (χ3n) is 2.34. The fourth-order valence-corrected chi connectivity index (χ4v) is 3.38. The first-order chi connectivity index (χ1) is 8.61. The van der Waals surface area contributed by atoms with E-state index in [1.807, 2.05) is 18.2 Å². The maximum Gasteiger partial charge on any atom is 0.472 e. The molecule has 1 aromatic carbocycles. The Morgan fingerprint density at radius 3 is 1.95 bits per heavy atom. The Hall–Kier alpha value is -0.621. The Morgan fingerprint density at radius 2 is 1.53 bits per heavy atom. The Bertz CT molecular complexity index is 420. The molecule has 1 rings (SSSR count). The maximum atomic E-state index is 6.22. The molecule has 0 bridgehead atoms. The van der Waals surface area contributed by atoms with Crippen LogP contribution in [0, 0.1) is 0 Å². The second-order valence-corrected chi connectivity index (χ2v) is 15.6. The summed E-state index contributed by atoms with van der Waals surface area (Å²) in [5, 5.41) is 0. The summed E-state index contributed by atoms with van der Waals surface area (Å²) in [6.45, 7) is 16.9. The van der Waals surface area contributed by atoms with Crippen molar-refractivity contribution in [1.82, 2.24) is 0 Å². The van der Waals surface area contributed by atoms with Crippen LogP contribution in [-0.2, 0) is 8.69 Å². The van der Waals surface area contributed by atoms with Crippen LogP contribution < -0.4 is 5.46 Å². The van der Waals surface area contributed by atoms with Crippen molar-refractivity contribution in [1.29, 1.82) is 0 Å². The molecule has 0 unspecified atom stereocenters. The van der Waals surface area contributed by atoms with Gasteiger partial charge in [-0.1, -0.05) is 36.9 Å². The van der Waals surface area contributed by atoms with Gasteiger partial charge in [0.05, 0.1) is 0 Å². The van der Waals surface area contributed by atoms with Crippen LogP contribution in [-0.4, -0.2) is 23.8 Å². The molecule has 0 saturated heterocycles. The van der Waals surface area contributed by atoms with Gasteiger partial charge in [0.25, 0.3) is 0 Å². The zero-order valence-corrected chi connectivity index (χ0v) is 15.0. The van der Waals surface area contributed by atoms with Gasteiger partial charge in [0.15, 0.2) is 16.6 Å². The van der Waals surface area contributed by atoms with E-state index in [0.717, 1.165) is 11.0 Å². The zero-order chi connectivity index (χ0) is 14.7. The third-order valence-corrected chi connectivity index (χ3v) is 4.18. The summed E-state index contributed by atoms with van der Waals surface area (Å²) >= 11 is 0. The smallest absolute Gasteiger partial charge is 0.450 e. The summed E-state index contributed by atoms with van der Waals surface area (Å²) in [6, 6.07) is 8.23. The molecule has 0 aromatic heterocycles. The predicted molar refractivity (Wildman–Crippen MR) is 90.8 cm³/mol. The molecule has 0 spiro atoms. The van der Waals surface area contributed by atoms with Gasteiger partial charge in [-0.05, 0) is 50.3 Å². The quantitative estimate of drug-likeness (QED) is 0.744. The number of hydrogen-bond donors (Lipinski definition) is 0. The SMILES string of the molecule is C=Cc1cccc(B(O[Si](C)(C)C)O[Si](C)(C)C)c1. The number of hydrogen-bond acceptors (Lipinski definition) is 2. The summed E-state index contributed by atoms with van der Waals surface area (Å²) in [6.07, 6.45) is 1.85. The molecule has 0 amide bonds. The summed E-state index contributed by atoms with van der Waals surface area (Å²) in [5.74, 6) is 0. The van der Waals surface area contributed by atoms with Crippen LogP contribution in [0.3, 0.4) is 0 Å². The highest BCUT2D eigenvalue weighted by molar-refractivity contribution is 6.85. The molecule has 0 saturated carbocycles. The fourth-order valence-electron chi connectivity index (χ4n) is 1.63. The minimum absolute atomic E-state index is 0.252. The molecule has 0 N–H and O–H groups in total. The van der Waals surface area contributed by atoms with E-state index in [0.29, 0.717) is 0 Å². The Balaban J connectivity index is 3.03. The molecule has 5 heteroatoms. The van der Waals surface area contributed by atoms with Crippen LogP contribution in [0.25, 0.3) is 6.08 Å². The largest absolute Gasteiger partial charge is 0.472 e. The van der Waals surface area contributed by atoms with Crippen LogP contribution in [0.2, 0.25) is 39.3 Å². The van der Waals surface area contributed by atoms with Crippen LogP contribution >= 0.6 is 0 Å². The second kappa shape index (κ2) is 6.22. The lowest BCUT2D eigenvalue weighted by Crippen LogP contribution is -2.50. The topological polar surface area (TPSA) is 18.5 Å². The monoisotopic (exact) mass is 292 g/mol. The summed E-state index contributed by atoms with van der Waals surface area (Å²) in [7, 11) is -3.57. The van der Waals surface area contributed by atoms with E-state index < -0.39 is 16.6 Å². The molecule has 104 valence electrons. The van der Waals surface area contributed by atoms with Gasteiger partial charge in [0.1, 0.15) is 0 Å². The molecule has 0 aliphatic carbocycles. The molecule has 0 heterocycles. The van der Waals surface area contributed by atoms with Crippen molar-refractivity contribution in [3.05, 3.63) is 36.4 Å². The molecule has 0 aliphatic heterocycles. The van der Waals surface area contributed by atoms with Gasteiger partial charge in [0, 0.05) is 0 Å². The highest BCUT2D eigenvalue weighted by Crippen LogP contribution is 2.12. The van der Waals surface area contributed by atoms with Gasteiger partial charge >= 0.3 is 7.12 Å². The fraction of sp³-hybridized carbons (Fsp3) is 0.429. The van der Waals surface area contributed by atoms with Gasteiger partial charge in [-0.25, -0.2) is 0 Å². The molecule has 0 aliphatic rings. The molecule has 0 atom stereocenters. The summed E-state index contributed by atoms with van der Waals surface area (Å²) in [4.78, 5) is 0. The first-order valence-electron chi connectivity index (χ1n) is 6.69. The molecular formula is C14H25BO2Si2. The van der Waals surface area contributed by atoms with Crippen molar-refractivity contribution in [3.8, 4) is 0 Å². The normalized spacial score (nSPS) is 12.3. The van der Waals surface area contributed by atoms with E-state index in [1.54, 1.807) is 0 Å². The van der Waals surface area contributed by atoms with Crippen molar-refractivity contribution >= 4 is 35.3 Å². The van der Waals surface area contributed by atoms with Crippen molar-refractivity contribution in [2.75, 3.05) is 0 Å². The zero-order valence-electron chi connectivity index (χ0n) is 13.0. The van der Waals surface area contributed by atoms with Gasteiger partial charge in [-0.2, -0.15) is 0 Å². The van der Waals surface area contributed by atoms with E-state index in [1.165, 1.54) is 0 Å². The first kappa shape index (κ1) is 16.4. The van der Waals surface area contributed by atoms with E-state index in [-0.39, 0.29) is 7.12 Å². The second-order valence-electron chi connectivity index (χ2n) is 6.67. The lowest BCUT2D eigenvalue weighted by molar-refractivity contribution is 0.436. The number of benzene rings is 1. The number of rotatable bonds is 6. The molecular weight excluding hydrogens is 267 g/mol. The van der Waals surface area contributed by atoms with Crippen LogP contribution in [0.1, 0.15) is 5.56 Å². The molecule has 19 heavy (non-hydrogen) atoms. The first-order valence-corrected chi connectivity index (χ1v) is 13.5. The molecule has 2 nitrogen and oxygen atoms in total. The van der Waals surface area contributed by atoms with Gasteiger partial charge in [-0.3, -0.25) is 0 Å². The minimum atomic E-state index is -1.66. The summed E-state index contributed by atoms with van der Waals surface area (Å²) < 4.78 is 12.4. The van der Waals surface area contributed by atoms with E-state index in [9.17, 15) is 0 Å². The molecule has 0 radical (unpaired) electrons. The lowest BCUT2D eigenvalue weighted by atomic mass is 9.79. The van der Waals surface area contributed by atoms with Crippen LogP contribution in [0.4, 0.5) is 0 Å². The van der Waals surface area contributed by atoms with Gasteiger partial charge in [0.2, 0.25) is 0 Å². The third kappa shape index (κ3) is 6.38. The predicted octanol–water partition coefficient (Wildman–Crippen LogP) is 3.73. The summed E-state index contributed by atoms with van der Waals surface area (Å²) in [5.41, 5.74) is 2.18. The highest BCUT2D eigenvalue weighted by atomic mass is 28.4. The van der Waals surface area contributed by atoms with Gasteiger partial charge in [-0.15, -0.1) is 0 Å². The Kier molecular flexibility index (Phi) is 5.38. The average Bonchev–Trinajstić information content (AvgIpc) is 2.24. The highest BCUT2D eigenvalue weighted by Gasteiger charge is 2.32. The Labute approximate surface area is 120 Å². The van der Waals surface area contributed by atoms with E-state index >= 15 is 0 Å². The average molecular weight is 292 g/mol. The molecule has 0 fully saturated rings.